The van der Waals surface area contributed by atoms with Crippen LogP contribution >= 0.6 is 11.3 Å². The van der Waals surface area contributed by atoms with Crippen molar-refractivity contribution in [3.63, 3.8) is 0 Å². The van der Waals surface area contributed by atoms with Gasteiger partial charge in [-0.3, -0.25) is 19.6 Å². The average Bonchev–Trinajstić information content (AvgIpc) is 3.62. The van der Waals surface area contributed by atoms with Gasteiger partial charge in [0.15, 0.2) is 0 Å². The fraction of sp³-hybridized carbons (Fsp3) is 0.333. The number of rotatable bonds is 6. The van der Waals surface area contributed by atoms with Gasteiger partial charge in [0.2, 0.25) is 5.95 Å². The highest BCUT2D eigenvalue weighted by Gasteiger charge is 2.48. The molecule has 2 unspecified atom stereocenters. The van der Waals surface area contributed by atoms with E-state index in [1.54, 1.807) is 42.4 Å². The lowest BCUT2D eigenvalue weighted by atomic mass is 9.82. The summed E-state index contributed by atoms with van der Waals surface area (Å²) in [6.07, 6.45) is -3.60. The second-order valence-electron chi connectivity index (χ2n) is 9.80. The minimum Gasteiger partial charge on any atom is -0.352 e. The third-order valence-electron chi connectivity index (χ3n) is 7.85. The van der Waals surface area contributed by atoms with Crippen molar-refractivity contribution in [2.24, 2.45) is 0 Å². The summed E-state index contributed by atoms with van der Waals surface area (Å²) in [6, 6.07) is 8.90. The van der Waals surface area contributed by atoms with E-state index < -0.39 is 29.8 Å². The number of piperidine rings is 1. The van der Waals surface area contributed by atoms with Gasteiger partial charge in [-0.05, 0) is 37.4 Å². The number of nitrogens with one attached hydrogen (secondary N) is 3. The van der Waals surface area contributed by atoms with Crippen molar-refractivity contribution in [2.75, 3.05) is 25.0 Å². The number of ether oxygens (including phenoxy) is 1. The van der Waals surface area contributed by atoms with E-state index in [1.807, 2.05) is 18.4 Å². The molecule has 2 amide bonds. The number of benzene rings is 1. The molecule has 3 N–H and O–H groups in total. The minimum atomic E-state index is -4.83. The van der Waals surface area contributed by atoms with E-state index in [1.165, 1.54) is 11.3 Å². The van der Waals surface area contributed by atoms with E-state index in [0.29, 0.717) is 35.9 Å². The molecule has 2 atom stereocenters. The maximum absolute atomic E-state index is 13.4. The highest BCUT2D eigenvalue weighted by atomic mass is 32.1. The highest BCUT2D eigenvalue weighted by Crippen LogP contribution is 2.39. The number of likely N-dealkylation sites (N-methyl/N-ethyl adjacent to an activating group) is 1. The standard InChI is InChI=1S/C27H25F3N6O3S/c1-3-26(31-2)9-10-36(13-18(26)39-27(28,29)30)25-33-17-7-5-4-6-15(17)21(34-25)20-19(22(37)35-23(20)38)16-12-32-24-14(16)8-11-40-24/h4-8,11-12,18,31-32H,3,9-10,13H2,1-2H3,(H,35,37,38). The number of carbonyl (C=O) groups is 2. The molecular weight excluding hydrogens is 545 g/mol. The fourth-order valence-electron chi connectivity index (χ4n) is 5.71. The number of fused-ring (bicyclic) bond motifs is 2. The van der Waals surface area contributed by atoms with E-state index in [2.05, 4.69) is 25.3 Å². The molecule has 208 valence electrons. The maximum atomic E-state index is 13.4. The summed E-state index contributed by atoms with van der Waals surface area (Å²) in [4.78, 5) is 41.3. The van der Waals surface area contributed by atoms with E-state index in [4.69, 9.17) is 4.98 Å². The number of imide groups is 1. The Morgan fingerprint density at radius 2 is 1.93 bits per heavy atom. The van der Waals surface area contributed by atoms with Gasteiger partial charge >= 0.3 is 6.36 Å². The van der Waals surface area contributed by atoms with Gasteiger partial charge in [-0.1, -0.05) is 25.1 Å². The van der Waals surface area contributed by atoms with Crippen molar-refractivity contribution in [3.8, 4) is 0 Å². The van der Waals surface area contributed by atoms with Gasteiger partial charge in [-0.25, -0.2) is 9.97 Å². The number of nitrogens with zero attached hydrogens (tertiary/aromatic N) is 3. The zero-order valence-corrected chi connectivity index (χ0v) is 22.4. The summed E-state index contributed by atoms with van der Waals surface area (Å²) >= 11 is 1.47. The number of carbonyl (C=O) groups excluding carboxylic acids is 2. The van der Waals surface area contributed by atoms with E-state index in [0.717, 1.165) is 10.2 Å². The SMILES string of the molecule is CCC1(NC)CCN(c2nc(C3=C(c4c[nH]c5sccc45)C(=O)NC3=O)c3ccccc3n2)CC1OC(F)(F)F. The Labute approximate surface area is 230 Å². The zero-order valence-electron chi connectivity index (χ0n) is 21.6. The lowest BCUT2D eigenvalue weighted by Crippen LogP contribution is -2.63. The van der Waals surface area contributed by atoms with Crippen LogP contribution in [0.5, 0.6) is 0 Å². The van der Waals surface area contributed by atoms with Crippen LogP contribution in [0.3, 0.4) is 0 Å². The van der Waals surface area contributed by atoms with Crippen LogP contribution in [-0.4, -0.2) is 64.9 Å². The van der Waals surface area contributed by atoms with E-state index in [-0.39, 0.29) is 29.3 Å². The van der Waals surface area contributed by atoms with Crippen LogP contribution < -0.4 is 15.5 Å². The highest BCUT2D eigenvalue weighted by molar-refractivity contribution is 7.16. The number of alkyl halides is 3. The lowest BCUT2D eigenvalue weighted by molar-refractivity contribution is -0.351. The molecule has 3 aromatic heterocycles. The Balaban J connectivity index is 1.50. The molecule has 40 heavy (non-hydrogen) atoms. The summed E-state index contributed by atoms with van der Waals surface area (Å²) in [7, 11) is 1.63. The van der Waals surface area contributed by atoms with Crippen molar-refractivity contribution >= 4 is 61.4 Å². The molecule has 1 saturated heterocycles. The summed E-state index contributed by atoms with van der Waals surface area (Å²) in [6.45, 7) is 2.05. The predicted octanol–water partition coefficient (Wildman–Crippen LogP) is 4.22. The first-order valence-electron chi connectivity index (χ1n) is 12.7. The van der Waals surface area contributed by atoms with Crippen LogP contribution in [0.1, 0.15) is 31.0 Å². The van der Waals surface area contributed by atoms with Gasteiger partial charge < -0.3 is 15.2 Å². The molecule has 0 aliphatic carbocycles. The number of thiophene rings is 1. The molecule has 9 nitrogen and oxygen atoms in total. The summed E-state index contributed by atoms with van der Waals surface area (Å²) in [5, 5.41) is 8.67. The summed E-state index contributed by atoms with van der Waals surface area (Å²) in [5.41, 5.74) is 0.677. The van der Waals surface area contributed by atoms with Gasteiger partial charge in [-0.15, -0.1) is 24.5 Å². The first-order valence-corrected chi connectivity index (χ1v) is 13.6. The molecule has 0 saturated carbocycles. The smallest absolute Gasteiger partial charge is 0.352 e. The molecule has 4 aromatic rings. The quantitative estimate of drug-likeness (QED) is 0.298. The van der Waals surface area contributed by atoms with Gasteiger partial charge in [0.05, 0.1) is 22.4 Å². The fourth-order valence-corrected chi connectivity index (χ4v) is 6.48. The Morgan fingerprint density at radius 3 is 2.67 bits per heavy atom. The molecule has 6 rings (SSSR count). The van der Waals surface area contributed by atoms with Crippen LogP contribution in [0.2, 0.25) is 0 Å². The topological polar surface area (TPSA) is 112 Å². The normalized spacial score (nSPS) is 22.1. The molecule has 1 fully saturated rings. The maximum Gasteiger partial charge on any atom is 0.522 e. The van der Waals surface area contributed by atoms with Gasteiger partial charge in [0, 0.05) is 41.2 Å². The summed E-state index contributed by atoms with van der Waals surface area (Å²) < 4.78 is 44.9. The minimum absolute atomic E-state index is 0.0928. The third-order valence-corrected chi connectivity index (χ3v) is 8.70. The monoisotopic (exact) mass is 570 g/mol. The Kier molecular flexibility index (Phi) is 6.39. The molecule has 13 heteroatoms. The van der Waals surface area contributed by atoms with Crippen molar-refractivity contribution in [1.29, 1.82) is 0 Å². The van der Waals surface area contributed by atoms with Gasteiger partial charge in [0.25, 0.3) is 11.8 Å². The number of aromatic nitrogens is 3. The third kappa shape index (κ3) is 4.34. The zero-order chi connectivity index (χ0) is 28.2. The number of hydrogen-bond donors (Lipinski definition) is 3. The molecule has 5 heterocycles. The van der Waals surface area contributed by atoms with Crippen molar-refractivity contribution in [2.45, 2.75) is 37.8 Å². The Hall–Kier alpha value is -3.81. The van der Waals surface area contributed by atoms with Crippen LogP contribution in [0.15, 0.2) is 41.9 Å². The number of para-hydroxylation sites is 1. The van der Waals surface area contributed by atoms with Crippen LogP contribution in [0.4, 0.5) is 19.1 Å². The van der Waals surface area contributed by atoms with Crippen LogP contribution in [0.25, 0.3) is 32.3 Å². The second-order valence-corrected chi connectivity index (χ2v) is 10.7. The number of amides is 2. The van der Waals surface area contributed by atoms with Gasteiger partial charge in [0.1, 0.15) is 10.9 Å². The number of anilines is 1. The second kappa shape index (κ2) is 9.68. The van der Waals surface area contributed by atoms with Gasteiger partial charge in [-0.2, -0.15) is 0 Å². The Bertz CT molecular complexity index is 1670. The first-order chi connectivity index (χ1) is 19.1. The molecule has 0 radical (unpaired) electrons. The Morgan fingerprint density at radius 1 is 1.15 bits per heavy atom. The van der Waals surface area contributed by atoms with Crippen molar-refractivity contribution in [3.05, 3.63) is 53.2 Å². The van der Waals surface area contributed by atoms with Crippen molar-refractivity contribution in [1.82, 2.24) is 25.6 Å². The van der Waals surface area contributed by atoms with E-state index >= 15 is 0 Å². The average molecular weight is 571 g/mol. The van der Waals surface area contributed by atoms with E-state index in [9.17, 15) is 22.8 Å². The number of halogens is 3. The molecular formula is C27H25F3N6O3S. The lowest BCUT2D eigenvalue weighted by Gasteiger charge is -2.47. The largest absolute Gasteiger partial charge is 0.522 e. The van der Waals surface area contributed by atoms with Crippen LogP contribution in [0, 0.1) is 0 Å². The molecule has 0 bridgehead atoms. The predicted molar refractivity (Wildman–Crippen MR) is 146 cm³/mol. The summed E-state index contributed by atoms with van der Waals surface area (Å²) in [5.74, 6) is -0.995. The molecule has 1 aromatic carbocycles. The number of aromatic amines is 1. The molecule has 2 aliphatic heterocycles. The first kappa shape index (κ1) is 26.4. The number of hydrogen-bond acceptors (Lipinski definition) is 8. The van der Waals surface area contributed by atoms with Crippen LogP contribution in [-0.2, 0) is 14.3 Å². The number of H-pyrrole nitrogens is 1. The molecule has 2 aliphatic rings. The molecule has 0 spiro atoms. The van der Waals surface area contributed by atoms with Crippen molar-refractivity contribution < 1.29 is 27.5 Å².